The second-order valence-corrected chi connectivity index (χ2v) is 2.74. The van der Waals surface area contributed by atoms with Gasteiger partial charge in [0.25, 0.3) is 0 Å². The summed E-state index contributed by atoms with van der Waals surface area (Å²) in [5, 5.41) is 0. The zero-order valence-electron chi connectivity index (χ0n) is 6.29. The van der Waals surface area contributed by atoms with Gasteiger partial charge in [-0.05, 0) is 12.2 Å². The third-order valence-electron chi connectivity index (χ3n) is 1.78. The molecule has 3 heteroatoms. The van der Waals surface area contributed by atoms with Gasteiger partial charge < -0.3 is 9.80 Å². The lowest BCUT2D eigenvalue weighted by molar-refractivity contribution is 0.347. The van der Waals surface area contributed by atoms with E-state index in [0.717, 1.165) is 6.67 Å². The first kappa shape index (κ1) is 6.46. The standard InChI is InChI=1S/C8H9FN2/c1-10-5-8-7(9)3-2-4-11(8)6-10/h2-5H,6H2,1H3. The van der Waals surface area contributed by atoms with Crippen molar-refractivity contribution in [1.29, 1.82) is 0 Å². The fourth-order valence-electron chi connectivity index (χ4n) is 1.28. The van der Waals surface area contributed by atoms with Gasteiger partial charge in [0.15, 0.2) is 0 Å². The molecule has 0 aromatic carbocycles. The maximum Gasteiger partial charge on any atom is 0.148 e. The molecule has 0 N–H and O–H groups in total. The van der Waals surface area contributed by atoms with Crippen LogP contribution in [0.1, 0.15) is 0 Å². The van der Waals surface area contributed by atoms with Crippen molar-refractivity contribution in [1.82, 2.24) is 9.80 Å². The van der Waals surface area contributed by atoms with E-state index in [9.17, 15) is 4.39 Å². The third-order valence-corrected chi connectivity index (χ3v) is 1.78. The SMILES string of the molecule is CN1C=C2C(F)=CC=CN2C1. The molecule has 11 heavy (non-hydrogen) atoms. The van der Waals surface area contributed by atoms with Crippen LogP contribution in [0.25, 0.3) is 0 Å². The van der Waals surface area contributed by atoms with Crippen LogP contribution >= 0.6 is 0 Å². The van der Waals surface area contributed by atoms with Crippen molar-refractivity contribution in [2.45, 2.75) is 0 Å². The number of nitrogens with zero attached hydrogens (tertiary/aromatic N) is 2. The highest BCUT2D eigenvalue weighted by Gasteiger charge is 2.21. The van der Waals surface area contributed by atoms with Crippen molar-refractivity contribution in [2.75, 3.05) is 13.7 Å². The smallest absolute Gasteiger partial charge is 0.148 e. The van der Waals surface area contributed by atoms with E-state index < -0.39 is 0 Å². The molecule has 2 nitrogen and oxygen atoms in total. The quantitative estimate of drug-likeness (QED) is 0.518. The average Bonchev–Trinajstić information content (AvgIpc) is 2.31. The number of hydrogen-bond donors (Lipinski definition) is 0. The Morgan fingerprint density at radius 2 is 2.36 bits per heavy atom. The van der Waals surface area contributed by atoms with Crippen LogP contribution in [0, 0.1) is 0 Å². The molecule has 58 valence electrons. The monoisotopic (exact) mass is 152 g/mol. The summed E-state index contributed by atoms with van der Waals surface area (Å²) in [6.07, 6.45) is 6.86. The molecule has 0 amide bonds. The maximum atomic E-state index is 13.0. The molecular formula is C8H9FN2. The van der Waals surface area contributed by atoms with Gasteiger partial charge in [-0.2, -0.15) is 0 Å². The first-order valence-electron chi connectivity index (χ1n) is 3.50. The lowest BCUT2D eigenvalue weighted by Crippen LogP contribution is -2.20. The summed E-state index contributed by atoms with van der Waals surface area (Å²) in [5.41, 5.74) is 0.662. The molecular weight excluding hydrogens is 143 g/mol. The predicted molar refractivity (Wildman–Crippen MR) is 40.9 cm³/mol. The van der Waals surface area contributed by atoms with E-state index >= 15 is 0 Å². The molecule has 0 spiro atoms. The Morgan fingerprint density at radius 1 is 1.55 bits per heavy atom. The Morgan fingerprint density at radius 3 is 3.09 bits per heavy atom. The van der Waals surface area contributed by atoms with E-state index in [4.69, 9.17) is 0 Å². The molecule has 2 aliphatic heterocycles. The molecule has 0 aliphatic carbocycles. The van der Waals surface area contributed by atoms with E-state index in [2.05, 4.69) is 0 Å². The summed E-state index contributed by atoms with van der Waals surface area (Å²) in [6.45, 7) is 0.743. The van der Waals surface area contributed by atoms with Gasteiger partial charge >= 0.3 is 0 Å². The van der Waals surface area contributed by atoms with E-state index in [1.54, 1.807) is 12.3 Å². The zero-order valence-corrected chi connectivity index (χ0v) is 6.29. The molecule has 0 aromatic heterocycles. The lowest BCUT2D eigenvalue weighted by atomic mass is 10.3. The zero-order chi connectivity index (χ0) is 7.84. The molecule has 0 bridgehead atoms. The van der Waals surface area contributed by atoms with Crippen molar-refractivity contribution < 1.29 is 4.39 Å². The summed E-state index contributed by atoms with van der Waals surface area (Å²) in [4.78, 5) is 3.81. The second-order valence-electron chi connectivity index (χ2n) is 2.74. The Bertz CT molecular complexity index is 265. The molecule has 0 aromatic rings. The van der Waals surface area contributed by atoms with Crippen molar-refractivity contribution >= 4 is 0 Å². The minimum atomic E-state index is -0.156. The molecule has 0 fully saturated rings. The normalized spacial score (nSPS) is 21.6. The summed E-state index contributed by atoms with van der Waals surface area (Å²) in [7, 11) is 1.92. The van der Waals surface area contributed by atoms with Crippen LogP contribution in [0.2, 0.25) is 0 Å². The Hall–Kier alpha value is -1.25. The Labute approximate surface area is 64.9 Å². The summed E-state index contributed by atoms with van der Waals surface area (Å²) < 4.78 is 13.0. The molecule has 0 saturated heterocycles. The summed E-state index contributed by atoms with van der Waals surface area (Å²) >= 11 is 0. The minimum Gasteiger partial charge on any atom is -0.361 e. The van der Waals surface area contributed by atoms with Crippen molar-refractivity contribution in [2.24, 2.45) is 0 Å². The first-order valence-corrected chi connectivity index (χ1v) is 3.50. The molecule has 0 atom stereocenters. The van der Waals surface area contributed by atoms with Crippen LogP contribution in [-0.4, -0.2) is 23.5 Å². The second kappa shape index (κ2) is 2.12. The van der Waals surface area contributed by atoms with E-state index in [0.29, 0.717) is 5.70 Å². The highest BCUT2D eigenvalue weighted by Crippen LogP contribution is 2.25. The predicted octanol–water partition coefficient (Wildman–Crippen LogP) is 1.41. The van der Waals surface area contributed by atoms with E-state index in [1.165, 1.54) is 6.08 Å². The molecule has 2 aliphatic rings. The fraction of sp³-hybridized carbons (Fsp3) is 0.250. The Kier molecular flexibility index (Phi) is 1.24. The number of allylic oxidation sites excluding steroid dienone is 3. The van der Waals surface area contributed by atoms with Crippen LogP contribution in [0.15, 0.2) is 36.1 Å². The van der Waals surface area contributed by atoms with Gasteiger partial charge in [-0.3, -0.25) is 0 Å². The lowest BCUT2D eigenvalue weighted by Gasteiger charge is -2.18. The van der Waals surface area contributed by atoms with E-state index in [-0.39, 0.29) is 5.83 Å². The Balaban J connectivity index is 2.35. The highest BCUT2D eigenvalue weighted by atomic mass is 19.1. The highest BCUT2D eigenvalue weighted by molar-refractivity contribution is 5.34. The van der Waals surface area contributed by atoms with Gasteiger partial charge in [0, 0.05) is 19.4 Å². The third kappa shape index (κ3) is 0.926. The van der Waals surface area contributed by atoms with Crippen LogP contribution in [0.4, 0.5) is 4.39 Å². The average molecular weight is 152 g/mol. The summed E-state index contributed by atoms with van der Waals surface area (Å²) in [5.74, 6) is -0.156. The van der Waals surface area contributed by atoms with Gasteiger partial charge in [-0.15, -0.1) is 0 Å². The van der Waals surface area contributed by atoms with Crippen LogP contribution in [-0.2, 0) is 0 Å². The molecule has 0 saturated carbocycles. The molecule has 2 heterocycles. The number of halogens is 1. The topological polar surface area (TPSA) is 6.48 Å². The summed E-state index contributed by atoms with van der Waals surface area (Å²) in [6, 6.07) is 0. The van der Waals surface area contributed by atoms with Gasteiger partial charge in [-0.1, -0.05) is 0 Å². The number of fused-ring (bicyclic) bond motifs is 1. The number of hydrogen-bond acceptors (Lipinski definition) is 2. The first-order chi connectivity index (χ1) is 5.27. The van der Waals surface area contributed by atoms with E-state index in [1.807, 2.05) is 23.0 Å². The molecule has 0 unspecified atom stereocenters. The largest absolute Gasteiger partial charge is 0.361 e. The molecule has 0 radical (unpaired) electrons. The number of rotatable bonds is 0. The van der Waals surface area contributed by atoms with Gasteiger partial charge in [0.1, 0.15) is 5.83 Å². The van der Waals surface area contributed by atoms with Crippen LogP contribution in [0.3, 0.4) is 0 Å². The fourth-order valence-corrected chi connectivity index (χ4v) is 1.28. The van der Waals surface area contributed by atoms with Crippen LogP contribution < -0.4 is 0 Å². The van der Waals surface area contributed by atoms with Crippen molar-refractivity contribution in [3.63, 3.8) is 0 Å². The van der Waals surface area contributed by atoms with Gasteiger partial charge in [0.2, 0.25) is 0 Å². The van der Waals surface area contributed by atoms with Gasteiger partial charge in [-0.25, -0.2) is 4.39 Å². The maximum absolute atomic E-state index is 13.0. The molecule has 2 rings (SSSR count). The minimum absolute atomic E-state index is 0.156. The van der Waals surface area contributed by atoms with Crippen molar-refractivity contribution in [3.05, 3.63) is 36.1 Å². The van der Waals surface area contributed by atoms with Gasteiger partial charge in [0.05, 0.1) is 12.4 Å². The van der Waals surface area contributed by atoms with Crippen molar-refractivity contribution in [3.8, 4) is 0 Å². The van der Waals surface area contributed by atoms with Crippen LogP contribution in [0.5, 0.6) is 0 Å².